The minimum Gasteiger partial charge on any atom is -0.371 e. The van der Waals surface area contributed by atoms with Gasteiger partial charge in [0.2, 0.25) is 0 Å². The summed E-state index contributed by atoms with van der Waals surface area (Å²) in [6.45, 7) is 4.37. The van der Waals surface area contributed by atoms with Crippen LogP contribution in [-0.4, -0.2) is 32.1 Å². The number of benzene rings is 1. The normalized spacial score (nSPS) is 18.0. The number of hydrogen-bond donors (Lipinski definition) is 1. The molecule has 0 saturated carbocycles. The van der Waals surface area contributed by atoms with Crippen molar-refractivity contribution in [1.82, 2.24) is 0 Å². The third kappa shape index (κ3) is 3.88. The topological polar surface area (TPSA) is 35.6 Å². The quantitative estimate of drug-likeness (QED) is 0.825. The number of anilines is 3. The predicted octanol–water partition coefficient (Wildman–Crippen LogP) is 4.98. The largest absolute Gasteiger partial charge is 0.371 e. The van der Waals surface area contributed by atoms with E-state index >= 15 is 0 Å². The van der Waals surface area contributed by atoms with E-state index in [4.69, 9.17) is 0 Å². The molecule has 0 radical (unpaired) electrons. The molecule has 2 aliphatic heterocycles. The number of piperidine rings is 2. The number of nitrogens with one attached hydrogen (secondary N) is 1. The summed E-state index contributed by atoms with van der Waals surface area (Å²) in [7, 11) is 0. The van der Waals surface area contributed by atoms with E-state index in [2.05, 4.69) is 33.3 Å². The standard InChI is InChI=1S/C21H27N3OS/c25-21(20-8-7-15-26-20)22-18-16-17(23-11-3-1-4-12-23)9-10-19(18)24-13-5-2-6-14-24/h7-10,15-16H,1-6,11-14H2,(H,22,25). The van der Waals surface area contributed by atoms with Crippen molar-refractivity contribution in [2.45, 2.75) is 38.5 Å². The zero-order valence-electron chi connectivity index (χ0n) is 15.2. The first-order valence-corrected chi connectivity index (χ1v) is 10.7. The predicted molar refractivity (Wildman–Crippen MR) is 111 cm³/mol. The zero-order valence-corrected chi connectivity index (χ0v) is 16.1. The minimum absolute atomic E-state index is 0.00551. The summed E-state index contributed by atoms with van der Waals surface area (Å²) in [4.78, 5) is 18.3. The number of nitrogens with zero attached hydrogens (tertiary/aromatic N) is 2. The molecule has 2 fully saturated rings. The van der Waals surface area contributed by atoms with Gasteiger partial charge in [-0.25, -0.2) is 0 Å². The minimum atomic E-state index is -0.00551. The SMILES string of the molecule is O=C(Nc1cc(N2CCCCC2)ccc1N1CCCCC1)c1cccs1. The number of hydrogen-bond acceptors (Lipinski definition) is 4. The molecular weight excluding hydrogens is 342 g/mol. The molecule has 2 aliphatic rings. The Morgan fingerprint density at radius 3 is 2.23 bits per heavy atom. The Balaban J connectivity index is 1.62. The highest BCUT2D eigenvalue weighted by atomic mass is 32.1. The van der Waals surface area contributed by atoms with Crippen LogP contribution in [0.4, 0.5) is 17.1 Å². The maximum atomic E-state index is 12.7. The second kappa shape index (κ2) is 8.12. The molecule has 1 aromatic carbocycles. The van der Waals surface area contributed by atoms with Gasteiger partial charge in [0, 0.05) is 31.9 Å². The zero-order chi connectivity index (χ0) is 17.8. The number of carbonyl (C=O) groups excluding carboxylic acids is 1. The Kier molecular flexibility index (Phi) is 5.44. The molecule has 2 saturated heterocycles. The summed E-state index contributed by atoms with van der Waals surface area (Å²) in [5.41, 5.74) is 3.34. The van der Waals surface area contributed by atoms with Gasteiger partial charge in [-0.1, -0.05) is 6.07 Å². The van der Waals surface area contributed by atoms with E-state index in [0.29, 0.717) is 0 Å². The Morgan fingerprint density at radius 2 is 1.58 bits per heavy atom. The van der Waals surface area contributed by atoms with Gasteiger partial charge in [0.15, 0.2) is 0 Å². The van der Waals surface area contributed by atoms with Gasteiger partial charge in [0.25, 0.3) is 5.91 Å². The lowest BCUT2D eigenvalue weighted by atomic mass is 10.1. The Hall–Kier alpha value is -2.01. The summed E-state index contributed by atoms with van der Waals surface area (Å²) in [6.07, 6.45) is 7.59. The van der Waals surface area contributed by atoms with Crippen molar-refractivity contribution in [2.75, 3.05) is 41.3 Å². The Labute approximate surface area is 159 Å². The van der Waals surface area contributed by atoms with Crippen LogP contribution in [0.25, 0.3) is 0 Å². The fraction of sp³-hybridized carbons (Fsp3) is 0.476. The smallest absolute Gasteiger partial charge is 0.265 e. The summed E-state index contributed by atoms with van der Waals surface area (Å²) in [5.74, 6) is -0.00551. The summed E-state index contributed by atoms with van der Waals surface area (Å²) in [6, 6.07) is 10.4. The molecule has 0 bridgehead atoms. The van der Waals surface area contributed by atoms with Gasteiger partial charge in [-0.15, -0.1) is 11.3 Å². The lowest BCUT2D eigenvalue weighted by Crippen LogP contribution is -2.31. The average molecular weight is 370 g/mol. The lowest BCUT2D eigenvalue weighted by Gasteiger charge is -2.33. The van der Waals surface area contributed by atoms with Gasteiger partial charge >= 0.3 is 0 Å². The van der Waals surface area contributed by atoms with Crippen LogP contribution in [-0.2, 0) is 0 Å². The van der Waals surface area contributed by atoms with E-state index in [9.17, 15) is 4.79 Å². The summed E-state index contributed by atoms with van der Waals surface area (Å²) in [5, 5.41) is 5.14. The molecule has 1 N–H and O–H groups in total. The van der Waals surface area contributed by atoms with Crippen molar-refractivity contribution in [3.63, 3.8) is 0 Å². The molecule has 4 nitrogen and oxygen atoms in total. The van der Waals surface area contributed by atoms with Crippen LogP contribution in [0.1, 0.15) is 48.2 Å². The second-order valence-electron chi connectivity index (χ2n) is 7.23. The van der Waals surface area contributed by atoms with Gasteiger partial charge in [0.05, 0.1) is 16.3 Å². The molecule has 4 rings (SSSR count). The molecule has 0 unspecified atom stereocenters. The van der Waals surface area contributed by atoms with Crippen LogP contribution in [0.15, 0.2) is 35.7 Å². The molecule has 0 aliphatic carbocycles. The van der Waals surface area contributed by atoms with E-state index in [1.807, 2.05) is 17.5 Å². The van der Waals surface area contributed by atoms with E-state index in [0.717, 1.165) is 42.4 Å². The molecule has 26 heavy (non-hydrogen) atoms. The van der Waals surface area contributed by atoms with Crippen molar-refractivity contribution < 1.29 is 4.79 Å². The van der Waals surface area contributed by atoms with E-state index in [1.165, 1.54) is 55.5 Å². The molecule has 0 spiro atoms. The van der Waals surface area contributed by atoms with Crippen molar-refractivity contribution in [1.29, 1.82) is 0 Å². The number of carbonyl (C=O) groups is 1. The average Bonchev–Trinajstić information content (AvgIpc) is 3.24. The first-order valence-electron chi connectivity index (χ1n) is 9.80. The maximum absolute atomic E-state index is 12.7. The van der Waals surface area contributed by atoms with Gasteiger partial charge in [-0.2, -0.15) is 0 Å². The van der Waals surface area contributed by atoms with Gasteiger partial charge in [0.1, 0.15) is 0 Å². The van der Waals surface area contributed by atoms with Gasteiger partial charge in [-0.3, -0.25) is 4.79 Å². The van der Waals surface area contributed by atoms with Crippen molar-refractivity contribution in [2.24, 2.45) is 0 Å². The molecule has 1 amide bonds. The molecule has 5 heteroatoms. The fourth-order valence-electron chi connectivity index (χ4n) is 3.98. The first kappa shape index (κ1) is 17.4. The summed E-state index contributed by atoms with van der Waals surface area (Å²) < 4.78 is 0. The number of amides is 1. The first-order chi connectivity index (χ1) is 12.8. The van der Waals surface area contributed by atoms with E-state index < -0.39 is 0 Å². The molecule has 0 atom stereocenters. The molecule has 138 valence electrons. The highest BCUT2D eigenvalue weighted by Crippen LogP contribution is 2.34. The van der Waals surface area contributed by atoms with Gasteiger partial charge < -0.3 is 15.1 Å². The van der Waals surface area contributed by atoms with Crippen LogP contribution >= 0.6 is 11.3 Å². The Morgan fingerprint density at radius 1 is 0.885 bits per heavy atom. The molecular formula is C21H27N3OS. The fourth-order valence-corrected chi connectivity index (χ4v) is 4.59. The third-order valence-corrected chi connectivity index (χ3v) is 6.26. The van der Waals surface area contributed by atoms with Crippen LogP contribution < -0.4 is 15.1 Å². The van der Waals surface area contributed by atoms with Crippen LogP contribution in [0, 0.1) is 0 Å². The van der Waals surface area contributed by atoms with Crippen molar-refractivity contribution in [3.8, 4) is 0 Å². The summed E-state index contributed by atoms with van der Waals surface area (Å²) >= 11 is 1.49. The lowest BCUT2D eigenvalue weighted by molar-refractivity contribution is 0.103. The highest BCUT2D eigenvalue weighted by molar-refractivity contribution is 7.12. The third-order valence-electron chi connectivity index (χ3n) is 5.39. The molecule has 1 aromatic heterocycles. The van der Waals surface area contributed by atoms with E-state index in [-0.39, 0.29) is 5.91 Å². The van der Waals surface area contributed by atoms with Crippen molar-refractivity contribution in [3.05, 3.63) is 40.6 Å². The van der Waals surface area contributed by atoms with Crippen LogP contribution in [0.5, 0.6) is 0 Å². The van der Waals surface area contributed by atoms with Crippen LogP contribution in [0.2, 0.25) is 0 Å². The number of rotatable bonds is 4. The van der Waals surface area contributed by atoms with E-state index in [1.54, 1.807) is 0 Å². The van der Waals surface area contributed by atoms with Crippen molar-refractivity contribution >= 4 is 34.3 Å². The maximum Gasteiger partial charge on any atom is 0.265 e. The monoisotopic (exact) mass is 369 g/mol. The highest BCUT2D eigenvalue weighted by Gasteiger charge is 2.19. The molecule has 3 heterocycles. The van der Waals surface area contributed by atoms with Gasteiger partial charge in [-0.05, 0) is 68.2 Å². The second-order valence-corrected chi connectivity index (χ2v) is 8.18. The molecule has 2 aromatic rings. The number of thiophene rings is 1. The van der Waals surface area contributed by atoms with Crippen LogP contribution in [0.3, 0.4) is 0 Å². The Bertz CT molecular complexity index is 732.